The Bertz CT molecular complexity index is 419. The van der Waals surface area contributed by atoms with Gasteiger partial charge in [0.15, 0.2) is 6.10 Å². The van der Waals surface area contributed by atoms with Crippen molar-refractivity contribution in [2.24, 2.45) is 0 Å². The molecule has 1 rings (SSSR count). The van der Waals surface area contributed by atoms with Gasteiger partial charge in [0.1, 0.15) is 5.75 Å². The second-order valence-corrected chi connectivity index (χ2v) is 3.79. The average molecular weight is 261 g/mol. The van der Waals surface area contributed by atoms with Gasteiger partial charge in [0.2, 0.25) is 0 Å². The Morgan fingerprint density at radius 2 is 2.12 bits per heavy atom. The minimum absolute atomic E-state index is 0.136. The zero-order valence-corrected chi connectivity index (χ0v) is 10.2. The van der Waals surface area contributed by atoms with Crippen molar-refractivity contribution in [2.45, 2.75) is 12.7 Å². The maximum absolute atomic E-state index is 10.8. The van der Waals surface area contributed by atoms with Crippen molar-refractivity contribution in [3.8, 4) is 5.75 Å². The molecule has 0 radical (unpaired) electrons. The lowest BCUT2D eigenvalue weighted by Crippen LogP contribution is -2.14. The third kappa shape index (κ3) is 3.09. The van der Waals surface area contributed by atoms with Crippen LogP contribution in [0.25, 0.3) is 0 Å². The van der Waals surface area contributed by atoms with Gasteiger partial charge in [0.05, 0.1) is 13.7 Å². The highest BCUT2D eigenvalue weighted by atomic mass is 35.5. The maximum Gasteiger partial charge on any atom is 0.337 e. The van der Waals surface area contributed by atoms with Gasteiger partial charge < -0.3 is 19.7 Å². The number of halogens is 1. The predicted octanol–water partition coefficient (Wildman–Crippen LogP) is 1.61. The van der Waals surface area contributed by atoms with E-state index in [1.165, 1.54) is 26.4 Å². The second kappa shape index (κ2) is 5.86. The van der Waals surface area contributed by atoms with E-state index in [4.69, 9.17) is 26.2 Å². The summed E-state index contributed by atoms with van der Waals surface area (Å²) in [6, 6.07) is 2.98. The molecule has 0 aliphatic carbocycles. The number of ether oxygens (including phenoxy) is 2. The Morgan fingerprint density at radius 1 is 1.47 bits per heavy atom. The highest BCUT2D eigenvalue weighted by Gasteiger charge is 2.24. The molecule has 6 heteroatoms. The van der Waals surface area contributed by atoms with Gasteiger partial charge in [0, 0.05) is 17.7 Å². The molecule has 0 saturated heterocycles. The van der Waals surface area contributed by atoms with Crippen LogP contribution in [-0.2, 0) is 16.1 Å². The van der Waals surface area contributed by atoms with Crippen LogP contribution in [0.5, 0.6) is 5.75 Å². The fourth-order valence-corrected chi connectivity index (χ4v) is 1.76. The molecule has 0 bridgehead atoms. The molecular formula is C11H13ClO5. The number of carboxylic acid groups (broad SMARTS) is 1. The first kappa shape index (κ1) is 13.8. The number of benzene rings is 1. The lowest BCUT2D eigenvalue weighted by atomic mass is 10.0. The second-order valence-electron chi connectivity index (χ2n) is 3.35. The van der Waals surface area contributed by atoms with Gasteiger partial charge in [-0.15, -0.1) is 0 Å². The van der Waals surface area contributed by atoms with Crippen LogP contribution >= 0.6 is 11.6 Å². The molecule has 1 aromatic carbocycles. The fourth-order valence-electron chi connectivity index (χ4n) is 1.52. The third-order valence-corrected chi connectivity index (χ3v) is 2.44. The number of rotatable bonds is 5. The predicted molar refractivity (Wildman–Crippen MR) is 61.3 cm³/mol. The van der Waals surface area contributed by atoms with E-state index < -0.39 is 12.1 Å². The van der Waals surface area contributed by atoms with Crippen LogP contribution in [0.1, 0.15) is 17.2 Å². The van der Waals surface area contributed by atoms with Gasteiger partial charge in [0.25, 0.3) is 0 Å². The highest BCUT2D eigenvalue weighted by molar-refractivity contribution is 6.30. The Morgan fingerprint density at radius 3 is 2.59 bits per heavy atom. The van der Waals surface area contributed by atoms with E-state index in [2.05, 4.69) is 0 Å². The van der Waals surface area contributed by atoms with Crippen LogP contribution < -0.4 is 4.74 Å². The number of aliphatic hydroxyl groups excluding tert-OH is 1. The SMILES string of the molecule is COCc1cc(Cl)cc(OC)c1C(O)C(=O)O. The van der Waals surface area contributed by atoms with Crippen LogP contribution in [0, 0.1) is 0 Å². The Labute approximate surface area is 104 Å². The minimum Gasteiger partial charge on any atom is -0.496 e. The number of hydrogen-bond donors (Lipinski definition) is 2. The zero-order chi connectivity index (χ0) is 13.0. The monoisotopic (exact) mass is 260 g/mol. The van der Waals surface area contributed by atoms with Gasteiger partial charge in [-0.05, 0) is 17.7 Å². The van der Waals surface area contributed by atoms with Crippen molar-refractivity contribution in [1.82, 2.24) is 0 Å². The molecule has 5 nitrogen and oxygen atoms in total. The van der Waals surface area contributed by atoms with Crippen molar-refractivity contribution >= 4 is 17.6 Å². The number of carboxylic acids is 1. The van der Waals surface area contributed by atoms with Crippen molar-refractivity contribution < 1.29 is 24.5 Å². The molecule has 0 aliphatic heterocycles. The van der Waals surface area contributed by atoms with Crippen molar-refractivity contribution in [3.05, 3.63) is 28.3 Å². The number of aliphatic hydroxyl groups is 1. The molecule has 0 aromatic heterocycles. The summed E-state index contributed by atoms with van der Waals surface area (Å²) < 4.78 is 9.96. The lowest BCUT2D eigenvalue weighted by Gasteiger charge is -2.16. The van der Waals surface area contributed by atoms with E-state index in [0.29, 0.717) is 10.6 Å². The Balaban J connectivity index is 3.35. The first-order valence-corrected chi connectivity index (χ1v) is 5.15. The van der Waals surface area contributed by atoms with Gasteiger partial charge in [-0.1, -0.05) is 11.6 Å². The summed E-state index contributed by atoms with van der Waals surface area (Å²) in [5, 5.41) is 18.9. The first-order chi connectivity index (χ1) is 8.01. The lowest BCUT2D eigenvalue weighted by molar-refractivity contribution is -0.147. The molecule has 17 heavy (non-hydrogen) atoms. The quantitative estimate of drug-likeness (QED) is 0.841. The normalized spacial score (nSPS) is 12.2. The maximum atomic E-state index is 10.8. The standard InChI is InChI=1S/C11H13ClO5/c1-16-5-6-3-7(12)4-8(17-2)9(6)10(13)11(14)15/h3-4,10,13H,5H2,1-2H3,(H,14,15). The third-order valence-electron chi connectivity index (χ3n) is 2.22. The van der Waals surface area contributed by atoms with Gasteiger partial charge in [-0.2, -0.15) is 0 Å². The van der Waals surface area contributed by atoms with Crippen LogP contribution in [0.4, 0.5) is 0 Å². The molecule has 94 valence electrons. The molecule has 0 amide bonds. The fraction of sp³-hybridized carbons (Fsp3) is 0.364. The van der Waals surface area contributed by atoms with E-state index >= 15 is 0 Å². The Kier molecular flexibility index (Phi) is 4.74. The van der Waals surface area contributed by atoms with E-state index in [1.54, 1.807) is 0 Å². The summed E-state index contributed by atoms with van der Waals surface area (Å²) >= 11 is 5.86. The molecule has 0 aliphatic rings. The Hall–Kier alpha value is -1.30. The molecule has 0 fully saturated rings. The topological polar surface area (TPSA) is 76.0 Å². The molecular weight excluding hydrogens is 248 g/mol. The van der Waals surface area contributed by atoms with Crippen LogP contribution in [0.2, 0.25) is 5.02 Å². The highest BCUT2D eigenvalue weighted by Crippen LogP contribution is 2.33. The van der Waals surface area contributed by atoms with Gasteiger partial charge in [-0.3, -0.25) is 0 Å². The van der Waals surface area contributed by atoms with E-state index in [9.17, 15) is 9.90 Å². The van der Waals surface area contributed by atoms with Crippen LogP contribution in [0.15, 0.2) is 12.1 Å². The van der Waals surface area contributed by atoms with Crippen LogP contribution in [-0.4, -0.2) is 30.4 Å². The number of carbonyl (C=O) groups is 1. The van der Waals surface area contributed by atoms with E-state index in [0.717, 1.165) is 0 Å². The van der Waals surface area contributed by atoms with Gasteiger partial charge >= 0.3 is 5.97 Å². The molecule has 0 heterocycles. The van der Waals surface area contributed by atoms with Crippen molar-refractivity contribution in [2.75, 3.05) is 14.2 Å². The molecule has 1 unspecified atom stereocenters. The smallest absolute Gasteiger partial charge is 0.337 e. The largest absolute Gasteiger partial charge is 0.496 e. The molecule has 2 N–H and O–H groups in total. The van der Waals surface area contributed by atoms with E-state index in [1.807, 2.05) is 0 Å². The summed E-state index contributed by atoms with van der Waals surface area (Å²) in [4.78, 5) is 10.8. The molecule has 1 atom stereocenters. The van der Waals surface area contributed by atoms with Gasteiger partial charge in [-0.25, -0.2) is 4.79 Å². The summed E-state index contributed by atoms with van der Waals surface area (Å²) in [6.45, 7) is 0.136. The minimum atomic E-state index is -1.67. The molecule has 1 aromatic rings. The molecule has 0 spiro atoms. The summed E-state index contributed by atoms with van der Waals surface area (Å²) in [6.07, 6.45) is -1.67. The summed E-state index contributed by atoms with van der Waals surface area (Å²) in [7, 11) is 2.84. The summed E-state index contributed by atoms with van der Waals surface area (Å²) in [5.74, 6) is -1.14. The molecule has 0 saturated carbocycles. The zero-order valence-electron chi connectivity index (χ0n) is 9.44. The first-order valence-electron chi connectivity index (χ1n) is 4.77. The van der Waals surface area contributed by atoms with Crippen LogP contribution in [0.3, 0.4) is 0 Å². The number of methoxy groups -OCH3 is 2. The van der Waals surface area contributed by atoms with Crippen molar-refractivity contribution in [3.63, 3.8) is 0 Å². The average Bonchev–Trinajstić information content (AvgIpc) is 2.27. The number of hydrogen-bond acceptors (Lipinski definition) is 4. The van der Waals surface area contributed by atoms with E-state index in [-0.39, 0.29) is 17.9 Å². The summed E-state index contributed by atoms with van der Waals surface area (Å²) in [5.41, 5.74) is 0.637. The number of aliphatic carboxylic acids is 1. The van der Waals surface area contributed by atoms with Crippen molar-refractivity contribution in [1.29, 1.82) is 0 Å².